The second-order valence-corrected chi connectivity index (χ2v) is 7.23. The lowest BCUT2D eigenvalue weighted by Gasteiger charge is -2.14. The Kier molecular flexibility index (Phi) is 4.80. The lowest BCUT2D eigenvalue weighted by molar-refractivity contribution is 0.567. The number of aromatic nitrogens is 1. The maximum Gasteiger partial charge on any atom is 0.241 e. The molecule has 0 bridgehead atoms. The summed E-state index contributed by atoms with van der Waals surface area (Å²) in [6.45, 7) is 1.78. The Hall–Kier alpha value is -0.950. The van der Waals surface area contributed by atoms with Gasteiger partial charge in [0.15, 0.2) is 0 Å². The summed E-state index contributed by atoms with van der Waals surface area (Å²) < 4.78 is 28.0. The molecule has 20 heavy (non-hydrogen) atoms. The average molecular weight is 376 g/mol. The minimum absolute atomic E-state index is 0.0986. The van der Waals surface area contributed by atoms with Crippen LogP contribution < -0.4 is 4.72 Å². The Morgan fingerprint density at radius 3 is 2.50 bits per heavy atom. The first-order valence-electron chi connectivity index (χ1n) is 5.78. The molecule has 0 saturated heterocycles. The fourth-order valence-corrected chi connectivity index (χ4v) is 3.42. The number of benzene rings is 1. The van der Waals surface area contributed by atoms with Crippen LogP contribution in [0.15, 0.2) is 52.0 Å². The number of halogens is 2. The quantitative estimate of drug-likeness (QED) is 0.832. The molecule has 0 spiro atoms. The Labute approximate surface area is 131 Å². The summed E-state index contributed by atoms with van der Waals surface area (Å²) >= 11 is 9.05. The number of hydrogen-bond acceptors (Lipinski definition) is 3. The lowest BCUT2D eigenvalue weighted by atomic mass is 10.1. The van der Waals surface area contributed by atoms with Crippen molar-refractivity contribution in [2.24, 2.45) is 0 Å². The molecule has 0 aliphatic heterocycles. The van der Waals surface area contributed by atoms with Crippen LogP contribution in [0.3, 0.4) is 0 Å². The number of hydrogen-bond donors (Lipinski definition) is 1. The van der Waals surface area contributed by atoms with Crippen molar-refractivity contribution >= 4 is 37.6 Å². The first kappa shape index (κ1) is 15.4. The van der Waals surface area contributed by atoms with E-state index >= 15 is 0 Å². The van der Waals surface area contributed by atoms with E-state index in [0.29, 0.717) is 0 Å². The van der Waals surface area contributed by atoms with E-state index in [1.165, 1.54) is 18.3 Å². The first-order chi connectivity index (χ1) is 9.38. The maximum absolute atomic E-state index is 12.2. The van der Waals surface area contributed by atoms with E-state index in [1.54, 1.807) is 6.92 Å². The van der Waals surface area contributed by atoms with Gasteiger partial charge in [-0.15, -0.1) is 0 Å². The highest BCUT2D eigenvalue weighted by atomic mass is 79.9. The van der Waals surface area contributed by atoms with E-state index in [0.717, 1.165) is 10.0 Å². The molecule has 106 valence electrons. The zero-order valence-electron chi connectivity index (χ0n) is 10.5. The molecule has 7 heteroatoms. The van der Waals surface area contributed by atoms with Crippen LogP contribution in [0.4, 0.5) is 0 Å². The summed E-state index contributed by atoms with van der Waals surface area (Å²) in [7, 11) is -3.63. The van der Waals surface area contributed by atoms with Gasteiger partial charge in [-0.1, -0.05) is 39.7 Å². The lowest BCUT2D eigenvalue weighted by Crippen LogP contribution is -2.26. The van der Waals surface area contributed by atoms with Gasteiger partial charge in [0.25, 0.3) is 0 Å². The molecule has 2 aromatic rings. The summed E-state index contributed by atoms with van der Waals surface area (Å²) in [5, 5.41) is 0.143. The largest absolute Gasteiger partial charge is 0.244 e. The van der Waals surface area contributed by atoms with E-state index in [4.69, 9.17) is 11.6 Å². The van der Waals surface area contributed by atoms with Gasteiger partial charge >= 0.3 is 0 Å². The fourth-order valence-electron chi connectivity index (χ4n) is 1.67. The molecule has 1 atom stereocenters. The van der Waals surface area contributed by atoms with Gasteiger partial charge in [0.1, 0.15) is 5.15 Å². The van der Waals surface area contributed by atoms with E-state index in [1.807, 2.05) is 24.3 Å². The van der Waals surface area contributed by atoms with Gasteiger partial charge in [-0.25, -0.2) is 18.1 Å². The number of rotatable bonds is 4. The van der Waals surface area contributed by atoms with Crippen molar-refractivity contribution < 1.29 is 8.42 Å². The molecule has 0 unspecified atom stereocenters. The van der Waals surface area contributed by atoms with Crippen LogP contribution in [0.25, 0.3) is 0 Å². The smallest absolute Gasteiger partial charge is 0.241 e. The van der Waals surface area contributed by atoms with Gasteiger partial charge in [-0.3, -0.25) is 0 Å². The van der Waals surface area contributed by atoms with Crippen molar-refractivity contribution in [1.82, 2.24) is 9.71 Å². The van der Waals surface area contributed by atoms with Crippen LogP contribution in [-0.2, 0) is 10.0 Å². The highest BCUT2D eigenvalue weighted by molar-refractivity contribution is 9.10. The van der Waals surface area contributed by atoms with Crippen molar-refractivity contribution in [3.63, 3.8) is 0 Å². The summed E-state index contributed by atoms with van der Waals surface area (Å²) in [6, 6.07) is 9.82. The van der Waals surface area contributed by atoms with E-state index in [-0.39, 0.29) is 16.1 Å². The number of nitrogens with zero attached hydrogens (tertiary/aromatic N) is 1. The fraction of sp³-hybridized carbons (Fsp3) is 0.154. The Morgan fingerprint density at radius 1 is 1.25 bits per heavy atom. The molecular weight excluding hydrogens is 364 g/mol. The molecule has 0 aliphatic rings. The molecule has 0 fully saturated rings. The van der Waals surface area contributed by atoms with E-state index in [2.05, 4.69) is 25.6 Å². The van der Waals surface area contributed by atoms with Crippen molar-refractivity contribution in [2.75, 3.05) is 0 Å². The zero-order valence-corrected chi connectivity index (χ0v) is 13.7. The van der Waals surface area contributed by atoms with Gasteiger partial charge in [0.05, 0.1) is 4.90 Å². The van der Waals surface area contributed by atoms with Crippen LogP contribution in [0.1, 0.15) is 18.5 Å². The second kappa shape index (κ2) is 6.22. The van der Waals surface area contributed by atoms with Gasteiger partial charge in [0.2, 0.25) is 10.0 Å². The van der Waals surface area contributed by atoms with Crippen LogP contribution in [-0.4, -0.2) is 13.4 Å². The number of sulfonamides is 1. The SMILES string of the molecule is C[C@@H](NS(=O)(=O)c1ccnc(Cl)c1)c1ccc(Br)cc1. The predicted octanol–water partition coefficient (Wildman–Crippen LogP) is 3.54. The molecular formula is C13H12BrClN2O2S. The summed E-state index contributed by atoms with van der Waals surface area (Å²) in [4.78, 5) is 3.87. The summed E-state index contributed by atoms with van der Waals surface area (Å²) in [5.74, 6) is 0. The molecule has 1 aromatic heterocycles. The maximum atomic E-state index is 12.2. The predicted molar refractivity (Wildman–Crippen MR) is 82.1 cm³/mol. The number of nitrogens with one attached hydrogen (secondary N) is 1. The van der Waals surface area contributed by atoms with Gasteiger partial charge in [-0.2, -0.15) is 0 Å². The molecule has 4 nitrogen and oxygen atoms in total. The monoisotopic (exact) mass is 374 g/mol. The Morgan fingerprint density at radius 2 is 1.90 bits per heavy atom. The van der Waals surface area contributed by atoms with Crippen molar-refractivity contribution in [1.29, 1.82) is 0 Å². The van der Waals surface area contributed by atoms with Crippen molar-refractivity contribution in [3.05, 3.63) is 57.8 Å². The molecule has 1 N–H and O–H groups in total. The zero-order chi connectivity index (χ0) is 14.8. The Bertz CT molecular complexity index is 705. The molecule has 2 rings (SSSR count). The molecule has 0 saturated carbocycles. The van der Waals surface area contributed by atoms with Crippen LogP contribution >= 0.6 is 27.5 Å². The van der Waals surface area contributed by atoms with Gasteiger partial charge < -0.3 is 0 Å². The van der Waals surface area contributed by atoms with Gasteiger partial charge in [-0.05, 0) is 36.8 Å². The van der Waals surface area contributed by atoms with Crippen LogP contribution in [0, 0.1) is 0 Å². The average Bonchev–Trinajstić information content (AvgIpc) is 2.39. The highest BCUT2D eigenvalue weighted by Gasteiger charge is 2.18. The molecule has 1 heterocycles. The standard InChI is InChI=1S/C13H12BrClN2O2S/c1-9(10-2-4-11(14)5-3-10)17-20(18,19)12-6-7-16-13(15)8-12/h2-9,17H,1H3/t9-/m1/s1. The second-order valence-electron chi connectivity index (χ2n) is 4.21. The molecule has 0 aliphatic carbocycles. The van der Waals surface area contributed by atoms with Gasteiger partial charge in [0, 0.05) is 16.7 Å². The van der Waals surface area contributed by atoms with E-state index in [9.17, 15) is 8.42 Å². The topological polar surface area (TPSA) is 59.1 Å². The third-order valence-electron chi connectivity index (χ3n) is 2.71. The van der Waals surface area contributed by atoms with Crippen LogP contribution in [0.5, 0.6) is 0 Å². The van der Waals surface area contributed by atoms with Crippen LogP contribution in [0.2, 0.25) is 5.15 Å². The third-order valence-corrected chi connectivity index (χ3v) is 4.98. The first-order valence-corrected chi connectivity index (χ1v) is 8.43. The van der Waals surface area contributed by atoms with Crippen molar-refractivity contribution in [3.8, 4) is 0 Å². The molecule has 1 aromatic carbocycles. The molecule has 0 radical (unpaired) electrons. The molecule has 0 amide bonds. The van der Waals surface area contributed by atoms with E-state index < -0.39 is 10.0 Å². The normalized spacial score (nSPS) is 13.2. The van der Waals surface area contributed by atoms with Crippen molar-refractivity contribution in [2.45, 2.75) is 17.9 Å². The third kappa shape index (κ3) is 3.79. The summed E-state index contributed by atoms with van der Waals surface area (Å²) in [5.41, 5.74) is 0.872. The number of pyridine rings is 1. The highest BCUT2D eigenvalue weighted by Crippen LogP contribution is 2.20. The minimum Gasteiger partial charge on any atom is -0.244 e. The Balaban J connectivity index is 2.22. The minimum atomic E-state index is -3.63. The summed E-state index contributed by atoms with van der Waals surface area (Å²) in [6.07, 6.45) is 1.36.